The van der Waals surface area contributed by atoms with E-state index in [1.54, 1.807) is 6.07 Å². The Morgan fingerprint density at radius 1 is 1.47 bits per heavy atom. The number of aromatic nitrogens is 2. The van der Waals surface area contributed by atoms with Gasteiger partial charge in [-0.15, -0.1) is 0 Å². The average Bonchev–Trinajstić information content (AvgIpc) is 2.73. The van der Waals surface area contributed by atoms with E-state index in [0.29, 0.717) is 21.5 Å². The molecule has 0 radical (unpaired) electrons. The van der Waals surface area contributed by atoms with Gasteiger partial charge in [-0.25, -0.2) is 9.97 Å². The van der Waals surface area contributed by atoms with Crippen LogP contribution >= 0.6 is 11.8 Å². The lowest BCUT2D eigenvalue weighted by atomic mass is 10.3. The molecule has 0 unspecified atom stereocenters. The highest BCUT2D eigenvalue weighted by atomic mass is 32.2. The molecule has 6 heteroatoms. The number of oxazole rings is 1. The lowest BCUT2D eigenvalue weighted by molar-refractivity contribution is 0.454. The lowest BCUT2D eigenvalue weighted by Crippen LogP contribution is -1.91. The van der Waals surface area contributed by atoms with Gasteiger partial charge in [-0.3, -0.25) is 0 Å². The molecule has 2 aromatic heterocycles. The SMILES string of the molecule is N#Cc1cc(N)cnc1Sc1ncco1. The van der Waals surface area contributed by atoms with E-state index < -0.39 is 0 Å². The van der Waals surface area contributed by atoms with E-state index in [1.165, 1.54) is 30.4 Å². The van der Waals surface area contributed by atoms with Crippen LogP contribution in [0.15, 0.2) is 39.4 Å². The van der Waals surface area contributed by atoms with Crippen LogP contribution in [0.25, 0.3) is 0 Å². The third-order valence-electron chi connectivity index (χ3n) is 1.59. The molecule has 0 atom stereocenters. The molecule has 15 heavy (non-hydrogen) atoms. The third-order valence-corrected chi connectivity index (χ3v) is 2.48. The summed E-state index contributed by atoms with van der Waals surface area (Å²) < 4.78 is 5.04. The Morgan fingerprint density at radius 3 is 3.00 bits per heavy atom. The molecule has 0 bridgehead atoms. The van der Waals surface area contributed by atoms with E-state index >= 15 is 0 Å². The quantitative estimate of drug-likeness (QED) is 0.824. The van der Waals surface area contributed by atoms with Crippen molar-refractivity contribution in [1.82, 2.24) is 9.97 Å². The minimum atomic E-state index is 0.415. The van der Waals surface area contributed by atoms with Gasteiger partial charge < -0.3 is 10.2 Å². The van der Waals surface area contributed by atoms with Gasteiger partial charge in [-0.05, 0) is 17.8 Å². The lowest BCUT2D eigenvalue weighted by Gasteiger charge is -1.99. The maximum atomic E-state index is 8.86. The molecule has 0 spiro atoms. The van der Waals surface area contributed by atoms with E-state index in [-0.39, 0.29) is 0 Å². The van der Waals surface area contributed by atoms with Crippen LogP contribution in [-0.4, -0.2) is 9.97 Å². The Bertz CT molecular complexity index is 503. The van der Waals surface area contributed by atoms with E-state index in [1.807, 2.05) is 6.07 Å². The fourth-order valence-corrected chi connectivity index (χ4v) is 1.68. The van der Waals surface area contributed by atoms with Crippen molar-refractivity contribution in [1.29, 1.82) is 5.26 Å². The van der Waals surface area contributed by atoms with Crippen molar-refractivity contribution in [3.8, 4) is 6.07 Å². The highest BCUT2D eigenvalue weighted by Gasteiger charge is 2.08. The Balaban J connectivity index is 2.33. The van der Waals surface area contributed by atoms with Crippen molar-refractivity contribution in [2.24, 2.45) is 0 Å². The van der Waals surface area contributed by atoms with Gasteiger partial charge >= 0.3 is 0 Å². The minimum Gasteiger partial charge on any atom is -0.440 e. The first-order valence-corrected chi connectivity index (χ1v) is 4.84. The summed E-state index contributed by atoms with van der Waals surface area (Å²) in [5.74, 6) is 0. The first-order chi connectivity index (χ1) is 7.29. The Kier molecular flexibility index (Phi) is 2.56. The number of hydrogen-bond acceptors (Lipinski definition) is 6. The summed E-state index contributed by atoms with van der Waals surface area (Å²) >= 11 is 1.19. The molecule has 0 amide bonds. The van der Waals surface area contributed by atoms with Gasteiger partial charge in [0.2, 0.25) is 0 Å². The van der Waals surface area contributed by atoms with Crippen molar-refractivity contribution >= 4 is 17.4 Å². The molecule has 74 valence electrons. The zero-order chi connectivity index (χ0) is 10.7. The molecule has 0 aliphatic rings. The number of nitriles is 1. The number of rotatable bonds is 2. The molecule has 0 saturated heterocycles. The van der Waals surface area contributed by atoms with Crippen molar-refractivity contribution in [2.75, 3.05) is 5.73 Å². The van der Waals surface area contributed by atoms with Crippen LogP contribution in [0.1, 0.15) is 5.56 Å². The summed E-state index contributed by atoms with van der Waals surface area (Å²) in [5, 5.41) is 9.85. The van der Waals surface area contributed by atoms with Gasteiger partial charge in [0.1, 0.15) is 17.4 Å². The van der Waals surface area contributed by atoms with Crippen molar-refractivity contribution in [3.63, 3.8) is 0 Å². The van der Waals surface area contributed by atoms with Gasteiger partial charge in [0.05, 0.1) is 23.6 Å². The molecule has 2 N–H and O–H groups in total. The second-order valence-corrected chi connectivity index (χ2v) is 3.57. The third kappa shape index (κ3) is 2.08. The van der Waals surface area contributed by atoms with Crippen molar-refractivity contribution < 1.29 is 4.42 Å². The van der Waals surface area contributed by atoms with Crippen LogP contribution in [0.5, 0.6) is 0 Å². The standard InChI is InChI=1S/C9H6N4OS/c10-4-6-3-7(11)5-13-8(6)15-9-12-1-2-14-9/h1-3,5H,11H2. The van der Waals surface area contributed by atoms with Crippen molar-refractivity contribution in [2.45, 2.75) is 10.2 Å². The summed E-state index contributed by atoms with van der Waals surface area (Å²) in [6.07, 6.45) is 4.49. The topological polar surface area (TPSA) is 88.7 Å². The zero-order valence-electron chi connectivity index (χ0n) is 7.54. The Morgan fingerprint density at radius 2 is 2.33 bits per heavy atom. The van der Waals surface area contributed by atoms with Gasteiger partial charge in [0.15, 0.2) is 0 Å². The maximum Gasteiger partial charge on any atom is 0.262 e. The number of hydrogen-bond donors (Lipinski definition) is 1. The molecule has 2 aromatic rings. The molecular weight excluding hydrogens is 212 g/mol. The molecule has 0 aromatic carbocycles. The summed E-state index contributed by atoms with van der Waals surface area (Å²) in [6.45, 7) is 0. The summed E-state index contributed by atoms with van der Waals surface area (Å²) in [6, 6.07) is 3.58. The van der Waals surface area contributed by atoms with Crippen LogP contribution in [0, 0.1) is 11.3 Å². The van der Waals surface area contributed by atoms with Crippen LogP contribution in [0.2, 0.25) is 0 Å². The van der Waals surface area contributed by atoms with Gasteiger partial charge in [0, 0.05) is 0 Å². The van der Waals surface area contributed by atoms with E-state index in [4.69, 9.17) is 15.4 Å². The predicted molar refractivity (Wildman–Crippen MR) is 54.0 cm³/mol. The molecule has 5 nitrogen and oxygen atoms in total. The second-order valence-electron chi connectivity index (χ2n) is 2.63. The molecular formula is C9H6N4OS. The first kappa shape index (κ1) is 9.55. The van der Waals surface area contributed by atoms with Crippen LogP contribution in [-0.2, 0) is 0 Å². The molecule has 0 aliphatic heterocycles. The minimum absolute atomic E-state index is 0.415. The monoisotopic (exact) mass is 218 g/mol. The number of nitrogen functional groups attached to an aromatic ring is 1. The molecule has 0 fully saturated rings. The normalized spacial score (nSPS) is 9.80. The van der Waals surface area contributed by atoms with Crippen LogP contribution < -0.4 is 5.73 Å². The van der Waals surface area contributed by atoms with Crippen LogP contribution in [0.3, 0.4) is 0 Å². The maximum absolute atomic E-state index is 8.86. The number of nitrogens with two attached hydrogens (primary N) is 1. The molecule has 0 saturated carbocycles. The molecule has 0 aliphatic carbocycles. The number of anilines is 1. The highest BCUT2D eigenvalue weighted by Crippen LogP contribution is 2.27. The summed E-state index contributed by atoms with van der Waals surface area (Å²) in [4.78, 5) is 7.96. The largest absolute Gasteiger partial charge is 0.440 e. The molecule has 2 heterocycles. The van der Waals surface area contributed by atoms with Crippen molar-refractivity contribution in [3.05, 3.63) is 30.3 Å². The first-order valence-electron chi connectivity index (χ1n) is 4.02. The zero-order valence-corrected chi connectivity index (χ0v) is 8.36. The smallest absolute Gasteiger partial charge is 0.262 e. The second kappa shape index (κ2) is 4.02. The average molecular weight is 218 g/mol. The number of nitrogens with zero attached hydrogens (tertiary/aromatic N) is 3. The Labute approximate surface area is 89.9 Å². The predicted octanol–water partition coefficient (Wildman–Crippen LogP) is 1.67. The highest BCUT2D eigenvalue weighted by molar-refractivity contribution is 7.99. The fraction of sp³-hybridized carbons (Fsp3) is 0. The Hall–Kier alpha value is -2.00. The summed E-state index contributed by atoms with van der Waals surface area (Å²) in [7, 11) is 0. The number of pyridine rings is 1. The van der Waals surface area contributed by atoms with E-state index in [9.17, 15) is 0 Å². The van der Waals surface area contributed by atoms with Crippen LogP contribution in [0.4, 0.5) is 5.69 Å². The van der Waals surface area contributed by atoms with Gasteiger partial charge in [0.25, 0.3) is 5.22 Å². The van der Waals surface area contributed by atoms with E-state index in [2.05, 4.69) is 9.97 Å². The van der Waals surface area contributed by atoms with E-state index in [0.717, 1.165) is 0 Å². The fourth-order valence-electron chi connectivity index (χ4n) is 0.973. The summed E-state index contributed by atoms with van der Waals surface area (Å²) in [5.41, 5.74) is 6.39. The molecule has 2 rings (SSSR count). The van der Waals surface area contributed by atoms with Gasteiger partial charge in [-0.1, -0.05) is 0 Å². The van der Waals surface area contributed by atoms with Gasteiger partial charge in [-0.2, -0.15) is 5.26 Å².